The molecule has 0 aliphatic heterocycles. The largest absolute Gasteiger partial charge is 0.469 e. The van der Waals surface area contributed by atoms with E-state index in [1.807, 2.05) is 6.07 Å². The SMILES string of the molecule is OCC=C(Cl)Cc1ccco1. The molecule has 0 unspecified atom stereocenters. The van der Waals surface area contributed by atoms with Crippen molar-refractivity contribution in [3.63, 3.8) is 0 Å². The van der Waals surface area contributed by atoms with Crippen LogP contribution >= 0.6 is 11.6 Å². The van der Waals surface area contributed by atoms with Crippen molar-refractivity contribution in [2.45, 2.75) is 6.42 Å². The molecule has 1 aromatic heterocycles. The molecule has 1 N–H and O–H groups in total. The van der Waals surface area contributed by atoms with Crippen LogP contribution in [0.15, 0.2) is 33.9 Å². The zero-order valence-corrected chi connectivity index (χ0v) is 6.71. The third-order valence-corrected chi connectivity index (χ3v) is 1.52. The Morgan fingerprint density at radius 1 is 1.73 bits per heavy atom. The summed E-state index contributed by atoms with van der Waals surface area (Å²) in [6, 6.07) is 3.64. The molecular formula is C8H9ClO2. The van der Waals surface area contributed by atoms with Crippen molar-refractivity contribution >= 4 is 11.6 Å². The summed E-state index contributed by atoms with van der Waals surface area (Å²) in [7, 11) is 0. The summed E-state index contributed by atoms with van der Waals surface area (Å²) in [6.45, 7) is -0.0282. The second-order valence-electron chi connectivity index (χ2n) is 2.09. The highest BCUT2D eigenvalue weighted by atomic mass is 35.5. The Labute approximate surface area is 70.1 Å². The lowest BCUT2D eigenvalue weighted by molar-refractivity contribution is 0.342. The summed E-state index contributed by atoms with van der Waals surface area (Å²) in [5.41, 5.74) is 0. The summed E-state index contributed by atoms with van der Waals surface area (Å²) < 4.78 is 5.04. The fourth-order valence-electron chi connectivity index (χ4n) is 0.751. The van der Waals surface area contributed by atoms with Crippen LogP contribution < -0.4 is 0 Å². The monoisotopic (exact) mass is 172 g/mol. The van der Waals surface area contributed by atoms with E-state index in [1.165, 1.54) is 0 Å². The number of halogens is 1. The third kappa shape index (κ3) is 2.78. The van der Waals surface area contributed by atoms with Crippen molar-refractivity contribution in [3.8, 4) is 0 Å². The van der Waals surface area contributed by atoms with Crippen molar-refractivity contribution in [2.24, 2.45) is 0 Å². The Hall–Kier alpha value is -0.730. The minimum Gasteiger partial charge on any atom is -0.469 e. The first-order valence-electron chi connectivity index (χ1n) is 3.30. The van der Waals surface area contributed by atoms with Crippen LogP contribution in [0.4, 0.5) is 0 Å². The lowest BCUT2D eigenvalue weighted by Gasteiger charge is -1.92. The first-order chi connectivity index (χ1) is 5.33. The Kier molecular flexibility index (Phi) is 3.20. The summed E-state index contributed by atoms with van der Waals surface area (Å²) in [6.07, 6.45) is 3.69. The van der Waals surface area contributed by atoms with Crippen LogP contribution in [0.25, 0.3) is 0 Å². The zero-order chi connectivity index (χ0) is 8.10. The topological polar surface area (TPSA) is 33.4 Å². The van der Waals surface area contributed by atoms with Crippen LogP contribution in [0.1, 0.15) is 5.76 Å². The van der Waals surface area contributed by atoms with Crippen molar-refractivity contribution in [2.75, 3.05) is 6.61 Å². The zero-order valence-electron chi connectivity index (χ0n) is 5.96. The molecular weight excluding hydrogens is 164 g/mol. The Bertz CT molecular complexity index is 226. The Morgan fingerprint density at radius 2 is 2.55 bits per heavy atom. The predicted octanol–water partition coefficient (Wildman–Crippen LogP) is 1.94. The van der Waals surface area contributed by atoms with Crippen LogP contribution in [-0.2, 0) is 6.42 Å². The standard InChI is InChI=1S/C8H9ClO2/c9-7(3-4-10)6-8-2-1-5-11-8/h1-3,5,10H,4,6H2. The average molecular weight is 173 g/mol. The fourth-order valence-corrected chi connectivity index (χ4v) is 0.952. The maximum Gasteiger partial charge on any atom is 0.109 e. The van der Waals surface area contributed by atoms with Gasteiger partial charge in [-0.05, 0) is 18.2 Å². The van der Waals surface area contributed by atoms with Gasteiger partial charge in [0.1, 0.15) is 5.76 Å². The molecule has 0 bridgehead atoms. The molecule has 0 atom stereocenters. The maximum atomic E-state index is 8.47. The van der Waals surface area contributed by atoms with Crippen molar-refractivity contribution in [1.29, 1.82) is 0 Å². The van der Waals surface area contributed by atoms with Crippen molar-refractivity contribution in [3.05, 3.63) is 35.3 Å². The maximum absolute atomic E-state index is 8.47. The highest BCUT2D eigenvalue weighted by molar-refractivity contribution is 6.29. The number of furan rings is 1. The highest BCUT2D eigenvalue weighted by Gasteiger charge is 1.97. The molecule has 11 heavy (non-hydrogen) atoms. The molecule has 0 aliphatic carbocycles. The van der Waals surface area contributed by atoms with Crippen molar-refractivity contribution in [1.82, 2.24) is 0 Å². The molecule has 0 aliphatic rings. The molecule has 0 aromatic carbocycles. The van der Waals surface area contributed by atoms with Gasteiger partial charge in [-0.1, -0.05) is 11.6 Å². The van der Waals surface area contributed by atoms with Crippen LogP contribution in [0, 0.1) is 0 Å². The van der Waals surface area contributed by atoms with Gasteiger partial charge in [0.2, 0.25) is 0 Å². The van der Waals surface area contributed by atoms with Gasteiger partial charge in [0.05, 0.1) is 12.9 Å². The van der Waals surface area contributed by atoms with E-state index in [9.17, 15) is 0 Å². The molecule has 0 saturated carbocycles. The summed E-state index contributed by atoms with van der Waals surface area (Å²) >= 11 is 5.71. The van der Waals surface area contributed by atoms with Gasteiger partial charge in [0.15, 0.2) is 0 Å². The first-order valence-corrected chi connectivity index (χ1v) is 3.68. The summed E-state index contributed by atoms with van der Waals surface area (Å²) in [5.74, 6) is 0.805. The normalized spacial score (nSPS) is 12.0. The lowest BCUT2D eigenvalue weighted by atomic mass is 10.3. The van der Waals surface area contributed by atoms with E-state index in [0.29, 0.717) is 11.5 Å². The van der Waals surface area contributed by atoms with E-state index in [1.54, 1.807) is 18.4 Å². The molecule has 0 amide bonds. The smallest absolute Gasteiger partial charge is 0.109 e. The highest BCUT2D eigenvalue weighted by Crippen LogP contribution is 2.11. The van der Waals surface area contributed by atoms with Gasteiger partial charge in [0, 0.05) is 11.5 Å². The van der Waals surface area contributed by atoms with E-state index >= 15 is 0 Å². The van der Waals surface area contributed by atoms with Gasteiger partial charge in [-0.15, -0.1) is 0 Å². The van der Waals surface area contributed by atoms with Gasteiger partial charge in [-0.3, -0.25) is 0 Å². The van der Waals surface area contributed by atoms with Gasteiger partial charge >= 0.3 is 0 Å². The van der Waals surface area contributed by atoms with Gasteiger partial charge in [-0.2, -0.15) is 0 Å². The molecule has 3 heteroatoms. The number of hydrogen-bond donors (Lipinski definition) is 1. The van der Waals surface area contributed by atoms with Crippen LogP contribution in [0.2, 0.25) is 0 Å². The van der Waals surface area contributed by atoms with E-state index in [0.717, 1.165) is 5.76 Å². The van der Waals surface area contributed by atoms with Crippen molar-refractivity contribution < 1.29 is 9.52 Å². The first kappa shape index (κ1) is 8.37. The minimum atomic E-state index is -0.0282. The lowest BCUT2D eigenvalue weighted by Crippen LogP contribution is -1.83. The molecule has 60 valence electrons. The fraction of sp³-hybridized carbons (Fsp3) is 0.250. The number of aliphatic hydroxyl groups is 1. The van der Waals surface area contributed by atoms with Crippen LogP contribution in [-0.4, -0.2) is 11.7 Å². The van der Waals surface area contributed by atoms with Gasteiger partial charge < -0.3 is 9.52 Å². The summed E-state index contributed by atoms with van der Waals surface area (Å²) in [5, 5.41) is 9.07. The molecule has 1 heterocycles. The van der Waals surface area contributed by atoms with E-state index in [-0.39, 0.29) is 6.61 Å². The average Bonchev–Trinajstić information content (AvgIpc) is 2.40. The summed E-state index contributed by atoms with van der Waals surface area (Å²) in [4.78, 5) is 0. The number of rotatable bonds is 3. The Balaban J connectivity index is 2.50. The van der Waals surface area contributed by atoms with Gasteiger partial charge in [0.25, 0.3) is 0 Å². The third-order valence-electron chi connectivity index (χ3n) is 1.24. The number of allylic oxidation sites excluding steroid dienone is 1. The molecule has 2 nitrogen and oxygen atoms in total. The molecule has 0 radical (unpaired) electrons. The van der Waals surface area contributed by atoms with E-state index in [2.05, 4.69) is 0 Å². The Morgan fingerprint density at radius 3 is 3.09 bits per heavy atom. The van der Waals surface area contributed by atoms with E-state index < -0.39 is 0 Å². The molecule has 0 fully saturated rings. The van der Waals surface area contributed by atoms with Crippen LogP contribution in [0.5, 0.6) is 0 Å². The van der Waals surface area contributed by atoms with Crippen LogP contribution in [0.3, 0.4) is 0 Å². The minimum absolute atomic E-state index is 0.0282. The second-order valence-corrected chi connectivity index (χ2v) is 2.58. The predicted molar refractivity (Wildman–Crippen MR) is 43.4 cm³/mol. The van der Waals surface area contributed by atoms with E-state index in [4.69, 9.17) is 21.1 Å². The quantitative estimate of drug-likeness (QED) is 0.756. The molecule has 1 aromatic rings. The molecule has 1 rings (SSSR count). The second kappa shape index (κ2) is 4.21. The number of aliphatic hydroxyl groups excluding tert-OH is 1. The number of hydrogen-bond acceptors (Lipinski definition) is 2. The molecule has 0 spiro atoms. The van der Waals surface area contributed by atoms with Gasteiger partial charge in [-0.25, -0.2) is 0 Å². The molecule has 0 saturated heterocycles.